The molecule has 0 unspecified atom stereocenters. The predicted molar refractivity (Wildman–Crippen MR) is 60.3 cm³/mol. The zero-order chi connectivity index (χ0) is 10.7. The molecule has 0 aliphatic heterocycles. The Kier molecular flexibility index (Phi) is 5.80. The van der Waals surface area contributed by atoms with E-state index in [9.17, 15) is 9.59 Å². The third kappa shape index (κ3) is 3.45. The summed E-state index contributed by atoms with van der Waals surface area (Å²) in [6, 6.07) is 6.82. The van der Waals surface area contributed by atoms with Gasteiger partial charge in [-0.05, 0) is 12.5 Å². The van der Waals surface area contributed by atoms with E-state index in [1.807, 2.05) is 0 Å². The molecule has 3 nitrogen and oxygen atoms in total. The van der Waals surface area contributed by atoms with Crippen LogP contribution >= 0.6 is 0 Å². The second-order valence-electron chi connectivity index (χ2n) is 2.93. The topological polar surface area (TPSA) is 54.4 Å². The summed E-state index contributed by atoms with van der Waals surface area (Å²) >= 11 is 0. The van der Waals surface area contributed by atoms with Crippen LogP contribution in [-0.2, 0) is 4.79 Å². The first kappa shape index (κ1) is 14.4. The molecule has 0 saturated carbocycles. The van der Waals surface area contributed by atoms with Gasteiger partial charge in [-0.1, -0.05) is 30.8 Å². The van der Waals surface area contributed by atoms with E-state index in [-0.39, 0.29) is 40.6 Å². The summed E-state index contributed by atoms with van der Waals surface area (Å²) in [4.78, 5) is 22.0. The fraction of sp³-hybridized carbons (Fsp3) is 0.0909. The summed E-state index contributed by atoms with van der Waals surface area (Å²) in [7, 11) is 0. The van der Waals surface area contributed by atoms with Crippen LogP contribution in [0.15, 0.2) is 36.4 Å². The zero-order valence-electron chi connectivity index (χ0n) is 10.5. The predicted octanol–water partition coefficient (Wildman–Crippen LogP) is 1.66. The van der Waals surface area contributed by atoms with Crippen molar-refractivity contribution in [3.8, 4) is 0 Å². The maximum Gasteiger partial charge on any atom is 2.00 e. The average molecular weight is 232 g/mol. The number of Topliss-reactive ketones (excluding diaryl/α,β-unsaturated/α-hetero) is 1. The van der Waals surface area contributed by atoms with Gasteiger partial charge >= 0.3 is 43.7 Å². The molecule has 1 rings (SSSR count). The van der Waals surface area contributed by atoms with Crippen LogP contribution in [0.5, 0.6) is 0 Å². The van der Waals surface area contributed by atoms with E-state index in [1.165, 1.54) is 0 Å². The Labute approximate surface area is 121 Å². The standard InChI is InChI=1S/C11H10O3.Ca.2H/c1-7-5-3-4-6-9(7)10(12)8(2)11(13)14;;;/h3-6H,2H2,1H3,(H,13,14);;;/q;+2;2*-1. The minimum atomic E-state index is -1.28. The summed E-state index contributed by atoms with van der Waals surface area (Å²) in [5, 5.41) is 8.58. The van der Waals surface area contributed by atoms with E-state index in [2.05, 4.69) is 6.58 Å². The van der Waals surface area contributed by atoms with Gasteiger partial charge in [0.2, 0.25) is 0 Å². The number of ketones is 1. The van der Waals surface area contributed by atoms with E-state index in [0.29, 0.717) is 5.56 Å². The molecule has 15 heavy (non-hydrogen) atoms. The van der Waals surface area contributed by atoms with Crippen LogP contribution in [0, 0.1) is 6.92 Å². The minimum Gasteiger partial charge on any atom is -1.00 e. The van der Waals surface area contributed by atoms with E-state index in [1.54, 1.807) is 31.2 Å². The number of aliphatic carboxylic acids is 1. The first-order valence-corrected chi connectivity index (χ1v) is 4.06. The number of carbonyl (C=O) groups is 2. The molecule has 0 spiro atoms. The Morgan fingerprint density at radius 2 is 1.87 bits per heavy atom. The smallest absolute Gasteiger partial charge is 1.00 e. The van der Waals surface area contributed by atoms with E-state index >= 15 is 0 Å². The number of hydrogen-bond acceptors (Lipinski definition) is 2. The van der Waals surface area contributed by atoms with Crippen LogP contribution in [0.3, 0.4) is 0 Å². The minimum absolute atomic E-state index is 0. The van der Waals surface area contributed by atoms with Crippen LogP contribution in [0.4, 0.5) is 0 Å². The van der Waals surface area contributed by atoms with Crippen molar-refractivity contribution >= 4 is 49.5 Å². The second kappa shape index (κ2) is 6.05. The Balaban J connectivity index is -0.000000653. The van der Waals surface area contributed by atoms with Gasteiger partial charge in [-0.15, -0.1) is 0 Å². The zero-order valence-corrected chi connectivity index (χ0v) is 10.7. The number of rotatable bonds is 3. The summed E-state index contributed by atoms with van der Waals surface area (Å²) in [5.74, 6) is -1.81. The van der Waals surface area contributed by atoms with Gasteiger partial charge in [0, 0.05) is 5.56 Å². The molecule has 76 valence electrons. The molecule has 0 saturated heterocycles. The van der Waals surface area contributed by atoms with Crippen molar-refractivity contribution in [1.29, 1.82) is 0 Å². The first-order valence-electron chi connectivity index (χ1n) is 4.06. The van der Waals surface area contributed by atoms with Crippen molar-refractivity contribution in [2.24, 2.45) is 0 Å². The molecule has 0 aromatic heterocycles. The average Bonchev–Trinajstić information content (AvgIpc) is 2.16. The Bertz CT molecular complexity index is 419. The maximum absolute atomic E-state index is 11.5. The first-order chi connectivity index (χ1) is 6.54. The number of benzene rings is 1. The monoisotopic (exact) mass is 232 g/mol. The van der Waals surface area contributed by atoms with E-state index < -0.39 is 17.3 Å². The van der Waals surface area contributed by atoms with Gasteiger partial charge in [0.15, 0.2) is 5.78 Å². The Morgan fingerprint density at radius 3 is 2.33 bits per heavy atom. The summed E-state index contributed by atoms with van der Waals surface area (Å²) in [6.45, 7) is 4.97. The molecule has 0 amide bonds. The van der Waals surface area contributed by atoms with Gasteiger partial charge in [0.25, 0.3) is 0 Å². The van der Waals surface area contributed by atoms with Gasteiger partial charge in [-0.25, -0.2) is 4.79 Å². The number of hydrogen-bond donors (Lipinski definition) is 1. The molecule has 0 bridgehead atoms. The van der Waals surface area contributed by atoms with Crippen LogP contribution in [0.25, 0.3) is 0 Å². The van der Waals surface area contributed by atoms with Crippen molar-refractivity contribution < 1.29 is 17.5 Å². The molecule has 0 aliphatic rings. The van der Waals surface area contributed by atoms with Crippen molar-refractivity contribution in [1.82, 2.24) is 0 Å². The normalized spacial score (nSPS) is 8.87. The number of carboxylic acid groups (broad SMARTS) is 1. The SMILES string of the molecule is C=C(C(=O)O)C(=O)c1ccccc1C.[Ca+2].[H-].[H-]. The molecule has 1 aromatic rings. The number of carbonyl (C=O) groups excluding carboxylic acids is 1. The third-order valence-corrected chi connectivity index (χ3v) is 1.92. The van der Waals surface area contributed by atoms with E-state index in [0.717, 1.165) is 5.56 Å². The molecule has 0 fully saturated rings. The molecule has 1 N–H and O–H groups in total. The van der Waals surface area contributed by atoms with Crippen LogP contribution < -0.4 is 0 Å². The Morgan fingerprint density at radius 1 is 1.33 bits per heavy atom. The molecular formula is C11H12CaO3. The van der Waals surface area contributed by atoms with Gasteiger partial charge < -0.3 is 7.96 Å². The molecule has 4 heteroatoms. The molecule has 0 atom stereocenters. The molecular weight excluding hydrogens is 220 g/mol. The molecule has 0 heterocycles. The quantitative estimate of drug-likeness (QED) is 0.283. The van der Waals surface area contributed by atoms with Crippen molar-refractivity contribution in [2.45, 2.75) is 6.92 Å². The van der Waals surface area contributed by atoms with Gasteiger partial charge in [-0.3, -0.25) is 4.79 Å². The second-order valence-corrected chi connectivity index (χ2v) is 2.93. The van der Waals surface area contributed by atoms with Crippen molar-refractivity contribution in [2.75, 3.05) is 0 Å². The molecule has 0 radical (unpaired) electrons. The van der Waals surface area contributed by atoms with Gasteiger partial charge in [0.1, 0.15) is 5.57 Å². The van der Waals surface area contributed by atoms with Gasteiger partial charge in [-0.2, -0.15) is 0 Å². The number of aryl methyl sites for hydroxylation is 1. The van der Waals surface area contributed by atoms with Crippen LogP contribution in [0.2, 0.25) is 0 Å². The summed E-state index contributed by atoms with van der Waals surface area (Å²) in [5.41, 5.74) is 0.735. The molecule has 0 aliphatic carbocycles. The molecule has 1 aromatic carbocycles. The number of carboxylic acids is 1. The maximum atomic E-state index is 11.5. The Hall–Kier alpha value is -0.640. The fourth-order valence-electron chi connectivity index (χ4n) is 1.09. The van der Waals surface area contributed by atoms with E-state index in [4.69, 9.17) is 5.11 Å². The van der Waals surface area contributed by atoms with Crippen molar-refractivity contribution in [3.63, 3.8) is 0 Å². The fourth-order valence-corrected chi connectivity index (χ4v) is 1.09. The third-order valence-electron chi connectivity index (χ3n) is 1.92. The van der Waals surface area contributed by atoms with Crippen LogP contribution in [0.1, 0.15) is 18.8 Å². The van der Waals surface area contributed by atoms with Crippen LogP contribution in [-0.4, -0.2) is 54.6 Å². The van der Waals surface area contributed by atoms with Crippen molar-refractivity contribution in [3.05, 3.63) is 47.5 Å². The summed E-state index contributed by atoms with van der Waals surface area (Å²) in [6.07, 6.45) is 0. The summed E-state index contributed by atoms with van der Waals surface area (Å²) < 4.78 is 0. The van der Waals surface area contributed by atoms with Gasteiger partial charge in [0.05, 0.1) is 0 Å². The largest absolute Gasteiger partial charge is 2.00 e.